The highest BCUT2D eigenvalue weighted by atomic mass is 19.2. The fourth-order valence-corrected chi connectivity index (χ4v) is 5.21. The SMILES string of the molecule is CO[C@@H](C(=O)N1C2CCC1CC([C@H](N)Cc1cc(F)c(F)cc1F)C2)c1ccccc1. The second kappa shape index (κ2) is 9.01. The van der Waals surface area contributed by atoms with Crippen LogP contribution >= 0.6 is 0 Å². The highest BCUT2D eigenvalue weighted by Gasteiger charge is 2.46. The molecule has 2 aliphatic heterocycles. The summed E-state index contributed by atoms with van der Waals surface area (Å²) in [6.45, 7) is 0. The van der Waals surface area contributed by atoms with Gasteiger partial charge in [-0.05, 0) is 55.2 Å². The number of carbonyl (C=O) groups is 1. The Kier molecular flexibility index (Phi) is 6.34. The molecule has 2 fully saturated rings. The number of carbonyl (C=O) groups excluding carboxylic acids is 1. The summed E-state index contributed by atoms with van der Waals surface area (Å²) in [6.07, 6.45) is 2.69. The number of amides is 1. The summed E-state index contributed by atoms with van der Waals surface area (Å²) >= 11 is 0. The average molecular weight is 432 g/mol. The molecular formula is C24H27F3N2O2. The maximum absolute atomic E-state index is 14.1. The van der Waals surface area contributed by atoms with E-state index in [2.05, 4.69) is 0 Å². The molecule has 0 radical (unpaired) electrons. The molecule has 31 heavy (non-hydrogen) atoms. The van der Waals surface area contributed by atoms with Crippen LogP contribution in [-0.4, -0.2) is 36.0 Å². The Labute approximate surface area is 180 Å². The first-order chi connectivity index (χ1) is 14.9. The summed E-state index contributed by atoms with van der Waals surface area (Å²) < 4.78 is 46.3. The van der Waals surface area contributed by atoms with Crippen molar-refractivity contribution in [3.8, 4) is 0 Å². The summed E-state index contributed by atoms with van der Waals surface area (Å²) in [4.78, 5) is 15.3. The number of nitrogens with two attached hydrogens (primary N) is 1. The van der Waals surface area contributed by atoms with E-state index in [9.17, 15) is 18.0 Å². The van der Waals surface area contributed by atoms with Gasteiger partial charge in [0.05, 0.1) is 0 Å². The fraction of sp³-hybridized carbons (Fsp3) is 0.458. The van der Waals surface area contributed by atoms with E-state index in [1.165, 1.54) is 7.11 Å². The Bertz CT molecular complexity index is 926. The van der Waals surface area contributed by atoms with Gasteiger partial charge in [0.25, 0.3) is 5.91 Å². The van der Waals surface area contributed by atoms with Gasteiger partial charge in [-0.2, -0.15) is 0 Å². The predicted molar refractivity (Wildman–Crippen MR) is 111 cm³/mol. The molecule has 2 aromatic rings. The summed E-state index contributed by atoms with van der Waals surface area (Å²) in [6, 6.07) is 10.6. The van der Waals surface area contributed by atoms with Gasteiger partial charge in [-0.3, -0.25) is 4.79 Å². The average Bonchev–Trinajstić information content (AvgIpc) is 3.02. The Hall–Kier alpha value is -2.38. The number of methoxy groups -OCH3 is 1. The van der Waals surface area contributed by atoms with Crippen LogP contribution in [0.4, 0.5) is 13.2 Å². The molecule has 166 valence electrons. The summed E-state index contributed by atoms with van der Waals surface area (Å²) in [5.74, 6) is -3.02. The van der Waals surface area contributed by atoms with Crippen LogP contribution < -0.4 is 5.73 Å². The Morgan fingerprint density at radius 3 is 2.29 bits per heavy atom. The van der Waals surface area contributed by atoms with Gasteiger partial charge in [-0.1, -0.05) is 30.3 Å². The standard InChI is InChI=1S/C24H27F3N2O2/c1-31-23(14-5-3-2-4-6-14)24(30)29-17-7-8-18(29)10-16(9-17)22(28)12-15-11-20(26)21(27)13-19(15)25/h2-6,11,13,16-18,22-23H,7-10,12,28H2,1H3/t16?,17?,18?,22-,23-/m1/s1. The Morgan fingerprint density at radius 1 is 1.06 bits per heavy atom. The van der Waals surface area contributed by atoms with Crippen LogP contribution in [0.3, 0.4) is 0 Å². The van der Waals surface area contributed by atoms with Gasteiger partial charge in [-0.15, -0.1) is 0 Å². The lowest BCUT2D eigenvalue weighted by Gasteiger charge is -2.42. The van der Waals surface area contributed by atoms with Gasteiger partial charge >= 0.3 is 0 Å². The third-order valence-corrected chi connectivity index (χ3v) is 6.74. The van der Waals surface area contributed by atoms with Crippen molar-refractivity contribution in [3.63, 3.8) is 0 Å². The van der Waals surface area contributed by atoms with Crippen LogP contribution in [0.2, 0.25) is 0 Å². The topological polar surface area (TPSA) is 55.6 Å². The lowest BCUT2D eigenvalue weighted by Crippen LogP contribution is -2.51. The minimum atomic E-state index is -1.20. The van der Waals surface area contributed by atoms with Crippen molar-refractivity contribution in [2.24, 2.45) is 11.7 Å². The van der Waals surface area contributed by atoms with Crippen LogP contribution in [0.25, 0.3) is 0 Å². The first kappa shape index (κ1) is 21.8. The smallest absolute Gasteiger partial charge is 0.256 e. The number of hydrogen-bond donors (Lipinski definition) is 1. The van der Waals surface area contributed by atoms with E-state index >= 15 is 0 Å². The first-order valence-electron chi connectivity index (χ1n) is 10.7. The number of rotatable bonds is 6. The van der Waals surface area contributed by atoms with Gasteiger partial charge in [0.2, 0.25) is 0 Å². The van der Waals surface area contributed by atoms with Crippen LogP contribution in [0.1, 0.15) is 42.9 Å². The second-order valence-corrected chi connectivity index (χ2v) is 8.61. The van der Waals surface area contributed by atoms with E-state index in [0.717, 1.165) is 24.5 Å². The maximum atomic E-state index is 14.1. The zero-order chi connectivity index (χ0) is 22.1. The Morgan fingerprint density at radius 2 is 1.68 bits per heavy atom. The molecule has 0 aliphatic carbocycles. The Balaban J connectivity index is 1.45. The monoisotopic (exact) mass is 432 g/mol. The number of fused-ring (bicyclic) bond motifs is 2. The van der Waals surface area contributed by atoms with Gasteiger partial charge in [0.1, 0.15) is 5.82 Å². The molecule has 2 bridgehead atoms. The highest BCUT2D eigenvalue weighted by Crippen LogP contribution is 2.42. The molecule has 2 heterocycles. The number of nitrogens with zero attached hydrogens (tertiary/aromatic N) is 1. The molecule has 2 N–H and O–H groups in total. The van der Waals surface area contributed by atoms with E-state index in [1.54, 1.807) is 0 Å². The quantitative estimate of drug-likeness (QED) is 0.699. The molecule has 0 saturated carbocycles. The molecule has 0 aromatic heterocycles. The lowest BCUT2D eigenvalue weighted by molar-refractivity contribution is -0.148. The fourth-order valence-electron chi connectivity index (χ4n) is 5.21. The van der Waals surface area contributed by atoms with Crippen molar-refractivity contribution in [3.05, 3.63) is 71.0 Å². The molecular weight excluding hydrogens is 405 g/mol. The molecule has 7 heteroatoms. The minimum Gasteiger partial charge on any atom is -0.367 e. The second-order valence-electron chi connectivity index (χ2n) is 8.61. The van der Waals surface area contributed by atoms with E-state index in [-0.39, 0.29) is 35.9 Å². The van der Waals surface area contributed by atoms with Crippen molar-refractivity contribution in [2.45, 2.75) is 56.3 Å². The molecule has 4 rings (SSSR count). The van der Waals surface area contributed by atoms with E-state index < -0.39 is 29.6 Å². The zero-order valence-corrected chi connectivity index (χ0v) is 17.4. The number of benzene rings is 2. The van der Waals surface area contributed by atoms with Crippen LogP contribution in [-0.2, 0) is 16.0 Å². The summed E-state index contributed by atoms with van der Waals surface area (Å²) in [5, 5.41) is 0. The van der Waals surface area contributed by atoms with Crippen molar-refractivity contribution >= 4 is 5.91 Å². The van der Waals surface area contributed by atoms with Crippen molar-refractivity contribution in [1.29, 1.82) is 0 Å². The first-order valence-corrected chi connectivity index (χ1v) is 10.7. The van der Waals surface area contributed by atoms with Gasteiger partial charge in [-0.25, -0.2) is 13.2 Å². The third-order valence-electron chi connectivity index (χ3n) is 6.74. The van der Waals surface area contributed by atoms with Gasteiger partial charge in [0, 0.05) is 31.3 Å². The molecule has 0 spiro atoms. The summed E-state index contributed by atoms with van der Waals surface area (Å²) in [5.41, 5.74) is 7.28. The van der Waals surface area contributed by atoms with Gasteiger partial charge < -0.3 is 15.4 Å². The van der Waals surface area contributed by atoms with Crippen molar-refractivity contribution < 1.29 is 22.7 Å². The zero-order valence-electron chi connectivity index (χ0n) is 17.4. The molecule has 1 amide bonds. The van der Waals surface area contributed by atoms with Crippen LogP contribution in [0, 0.1) is 23.4 Å². The lowest BCUT2D eigenvalue weighted by atomic mass is 9.82. The number of ether oxygens (including phenoxy) is 1. The predicted octanol–water partition coefficient (Wildman–Crippen LogP) is 4.13. The third kappa shape index (κ3) is 4.34. The molecule has 2 unspecified atom stereocenters. The molecule has 2 aliphatic rings. The van der Waals surface area contributed by atoms with Crippen LogP contribution in [0.5, 0.6) is 0 Å². The molecule has 2 aromatic carbocycles. The highest BCUT2D eigenvalue weighted by molar-refractivity contribution is 5.83. The maximum Gasteiger partial charge on any atom is 0.256 e. The largest absolute Gasteiger partial charge is 0.367 e. The van der Waals surface area contributed by atoms with Crippen molar-refractivity contribution in [2.75, 3.05) is 7.11 Å². The van der Waals surface area contributed by atoms with E-state index in [4.69, 9.17) is 10.5 Å². The number of piperidine rings is 1. The molecule has 2 saturated heterocycles. The van der Waals surface area contributed by atoms with E-state index in [0.29, 0.717) is 18.9 Å². The minimum absolute atomic E-state index is 0.0418. The van der Waals surface area contributed by atoms with Gasteiger partial charge in [0.15, 0.2) is 17.7 Å². The summed E-state index contributed by atoms with van der Waals surface area (Å²) in [7, 11) is 1.54. The molecule has 4 atom stereocenters. The van der Waals surface area contributed by atoms with Crippen LogP contribution in [0.15, 0.2) is 42.5 Å². The molecule has 4 nitrogen and oxygen atoms in total. The van der Waals surface area contributed by atoms with Crippen molar-refractivity contribution in [1.82, 2.24) is 4.90 Å². The number of halogens is 3. The normalized spacial score (nSPS) is 24.8. The van der Waals surface area contributed by atoms with E-state index in [1.807, 2.05) is 35.2 Å². The number of hydrogen-bond acceptors (Lipinski definition) is 3.